The highest BCUT2D eigenvalue weighted by molar-refractivity contribution is 6.34. The van der Waals surface area contributed by atoms with E-state index >= 15 is 0 Å². The second-order valence-electron chi connectivity index (χ2n) is 7.39. The second-order valence-corrected chi connectivity index (χ2v) is 7.80. The number of nitrogens with zero attached hydrogens (tertiary/aromatic N) is 1. The van der Waals surface area contributed by atoms with Crippen molar-refractivity contribution in [2.24, 2.45) is 5.10 Å². The summed E-state index contributed by atoms with van der Waals surface area (Å²) in [6.45, 7) is 1.73. The smallest absolute Gasteiger partial charge is 0.416 e. The first-order chi connectivity index (χ1) is 15.2. The van der Waals surface area contributed by atoms with Crippen molar-refractivity contribution in [1.82, 2.24) is 0 Å². The van der Waals surface area contributed by atoms with E-state index < -0.39 is 17.6 Å². The zero-order chi connectivity index (χ0) is 22.9. The molecule has 0 atom stereocenters. The van der Waals surface area contributed by atoms with Crippen molar-refractivity contribution in [3.63, 3.8) is 0 Å². The molecule has 0 aliphatic heterocycles. The van der Waals surface area contributed by atoms with E-state index in [9.17, 15) is 18.0 Å². The average molecular weight is 462 g/mol. The third-order valence-corrected chi connectivity index (χ3v) is 5.50. The summed E-state index contributed by atoms with van der Waals surface area (Å²) in [5.74, 6) is -0.0195. The molecule has 0 bridgehead atoms. The highest BCUT2D eigenvalue weighted by Gasteiger charge is 2.32. The highest BCUT2D eigenvalue weighted by Crippen LogP contribution is 2.35. The molecule has 1 heterocycles. The number of hydrogen-bond acceptors (Lipinski definition) is 4. The van der Waals surface area contributed by atoms with Gasteiger partial charge in [0.2, 0.25) is 0 Å². The molecule has 0 spiro atoms. The summed E-state index contributed by atoms with van der Waals surface area (Å²) in [5.41, 5.74) is 4.87. The molecule has 4 rings (SSSR count). The minimum absolute atomic E-state index is 0.00497. The molecule has 32 heavy (non-hydrogen) atoms. The molecule has 0 fully saturated rings. The summed E-state index contributed by atoms with van der Waals surface area (Å²) in [7, 11) is 0. The molecule has 0 saturated carbocycles. The molecule has 2 N–H and O–H groups in total. The van der Waals surface area contributed by atoms with Gasteiger partial charge in [0.15, 0.2) is 5.76 Å². The van der Waals surface area contributed by atoms with Gasteiger partial charge < -0.3 is 9.73 Å². The lowest BCUT2D eigenvalue weighted by Gasteiger charge is -2.13. The number of benzene rings is 2. The van der Waals surface area contributed by atoms with Gasteiger partial charge in [-0.15, -0.1) is 0 Å². The van der Waals surface area contributed by atoms with E-state index in [-0.39, 0.29) is 16.5 Å². The first-order valence-electron chi connectivity index (χ1n) is 9.92. The van der Waals surface area contributed by atoms with Crippen LogP contribution >= 0.6 is 11.6 Å². The van der Waals surface area contributed by atoms with Crippen molar-refractivity contribution < 1.29 is 22.4 Å². The lowest BCUT2D eigenvalue weighted by Crippen LogP contribution is -2.15. The predicted octanol–water partition coefficient (Wildman–Crippen LogP) is 6.67. The lowest BCUT2D eigenvalue weighted by molar-refractivity contribution is -0.137. The number of amides is 1. The Bertz CT molecular complexity index is 1190. The molecular formula is C23H19ClF3N3O2. The Labute approximate surface area is 187 Å². The third-order valence-electron chi connectivity index (χ3n) is 5.17. The van der Waals surface area contributed by atoms with E-state index in [0.29, 0.717) is 24.2 Å². The molecule has 0 saturated heterocycles. The molecule has 166 valence electrons. The quantitative estimate of drug-likeness (QED) is 0.427. The number of hydrogen-bond donors (Lipinski definition) is 2. The van der Waals surface area contributed by atoms with Crippen LogP contribution in [0.4, 0.5) is 24.5 Å². The molecule has 5 nitrogen and oxygen atoms in total. The maximum absolute atomic E-state index is 13.0. The van der Waals surface area contributed by atoms with Gasteiger partial charge in [-0.1, -0.05) is 29.8 Å². The molecular weight excluding hydrogens is 443 g/mol. The maximum atomic E-state index is 13.0. The van der Waals surface area contributed by atoms with E-state index in [4.69, 9.17) is 16.0 Å². The number of furan rings is 1. The maximum Gasteiger partial charge on any atom is 0.416 e. The number of carbonyl (C=O) groups is 1. The summed E-state index contributed by atoms with van der Waals surface area (Å²) in [6, 6.07) is 12.2. The average Bonchev–Trinajstić information content (AvgIpc) is 3.11. The molecule has 9 heteroatoms. The molecule has 0 radical (unpaired) electrons. The van der Waals surface area contributed by atoms with Crippen LogP contribution in [0.5, 0.6) is 0 Å². The molecule has 1 aliphatic carbocycles. The fourth-order valence-corrected chi connectivity index (χ4v) is 3.78. The zero-order valence-electron chi connectivity index (χ0n) is 17.0. The molecule has 1 amide bonds. The fourth-order valence-electron chi connectivity index (χ4n) is 3.62. The van der Waals surface area contributed by atoms with Gasteiger partial charge in [-0.3, -0.25) is 10.2 Å². The number of rotatable bonds is 4. The summed E-state index contributed by atoms with van der Waals surface area (Å²) in [6.07, 6.45) is -2.41. The summed E-state index contributed by atoms with van der Waals surface area (Å²) >= 11 is 6.00. The number of para-hydroxylation sites is 1. The van der Waals surface area contributed by atoms with E-state index in [1.807, 2.05) is 30.3 Å². The van der Waals surface area contributed by atoms with E-state index in [0.717, 1.165) is 41.6 Å². The van der Waals surface area contributed by atoms with Crippen molar-refractivity contribution in [3.05, 3.63) is 81.8 Å². The van der Waals surface area contributed by atoms with Crippen molar-refractivity contribution in [2.45, 2.75) is 32.4 Å². The van der Waals surface area contributed by atoms with Crippen LogP contribution in [0.1, 0.15) is 45.8 Å². The number of nitrogens with one attached hydrogen (secondary N) is 2. The number of carbonyl (C=O) groups excluding carboxylic acids is 1. The fraction of sp³-hybridized carbons (Fsp3) is 0.217. The van der Waals surface area contributed by atoms with Crippen LogP contribution in [0.2, 0.25) is 5.02 Å². The number of fused-ring (bicyclic) bond motifs is 1. The topological polar surface area (TPSA) is 66.6 Å². The van der Waals surface area contributed by atoms with Crippen LogP contribution in [0.3, 0.4) is 0 Å². The first kappa shape index (κ1) is 22.0. The van der Waals surface area contributed by atoms with Crippen molar-refractivity contribution in [3.8, 4) is 0 Å². The number of alkyl halides is 3. The lowest BCUT2D eigenvalue weighted by atomic mass is 9.93. The van der Waals surface area contributed by atoms with Crippen LogP contribution in [-0.4, -0.2) is 11.6 Å². The molecule has 1 aromatic heterocycles. The summed E-state index contributed by atoms with van der Waals surface area (Å²) in [5, 5.41) is 6.93. The Morgan fingerprint density at radius 1 is 1.12 bits per heavy atom. The Hall–Kier alpha value is -3.26. The van der Waals surface area contributed by atoms with Gasteiger partial charge in [-0.25, -0.2) is 0 Å². The number of hydrazone groups is 1. The van der Waals surface area contributed by atoms with E-state index in [2.05, 4.69) is 15.8 Å². The van der Waals surface area contributed by atoms with Crippen LogP contribution in [-0.2, 0) is 12.6 Å². The minimum Gasteiger partial charge on any atom is -0.455 e. The Morgan fingerprint density at radius 3 is 2.59 bits per heavy atom. The van der Waals surface area contributed by atoms with Crippen LogP contribution in [0.25, 0.3) is 0 Å². The monoisotopic (exact) mass is 461 g/mol. The van der Waals surface area contributed by atoms with Gasteiger partial charge >= 0.3 is 6.18 Å². The summed E-state index contributed by atoms with van der Waals surface area (Å²) in [4.78, 5) is 12.9. The van der Waals surface area contributed by atoms with Gasteiger partial charge in [-0.05, 0) is 50.1 Å². The Balaban J connectivity index is 1.61. The van der Waals surface area contributed by atoms with Crippen LogP contribution < -0.4 is 10.7 Å². The van der Waals surface area contributed by atoms with Crippen LogP contribution in [0, 0.1) is 6.92 Å². The highest BCUT2D eigenvalue weighted by atomic mass is 35.5. The van der Waals surface area contributed by atoms with Crippen LogP contribution in [0.15, 0.2) is 58.0 Å². The van der Waals surface area contributed by atoms with Crippen molar-refractivity contribution in [1.29, 1.82) is 0 Å². The molecule has 0 unspecified atom stereocenters. The summed E-state index contributed by atoms with van der Waals surface area (Å²) < 4.78 is 44.9. The first-order valence-corrected chi connectivity index (χ1v) is 10.3. The molecule has 1 aliphatic rings. The largest absolute Gasteiger partial charge is 0.455 e. The van der Waals surface area contributed by atoms with Gasteiger partial charge in [0.25, 0.3) is 5.91 Å². The third kappa shape index (κ3) is 4.50. The van der Waals surface area contributed by atoms with Gasteiger partial charge in [0.1, 0.15) is 5.76 Å². The van der Waals surface area contributed by atoms with Gasteiger partial charge in [0, 0.05) is 17.5 Å². The van der Waals surface area contributed by atoms with Crippen molar-refractivity contribution >= 4 is 34.6 Å². The van der Waals surface area contributed by atoms with Gasteiger partial charge in [-0.2, -0.15) is 18.3 Å². The minimum atomic E-state index is -4.55. The predicted molar refractivity (Wildman–Crippen MR) is 117 cm³/mol. The van der Waals surface area contributed by atoms with Gasteiger partial charge in [0.05, 0.1) is 27.7 Å². The molecule has 3 aromatic rings. The number of aryl methyl sites for hydroxylation is 1. The Kier molecular flexibility index (Phi) is 5.97. The molecule has 2 aromatic carbocycles. The van der Waals surface area contributed by atoms with E-state index in [1.54, 1.807) is 6.92 Å². The zero-order valence-corrected chi connectivity index (χ0v) is 17.8. The SMILES string of the molecule is Cc1c(C(=O)Nc2cc(C(F)(F)F)ccc2Cl)oc2c1/C(=N/Nc1ccccc1)CCC2. The standard InChI is InChI=1S/C23H19ClF3N3O2/c1-13-20-17(30-29-15-6-3-2-4-7-15)8-5-9-19(20)32-21(13)22(31)28-18-12-14(23(25,26)27)10-11-16(18)24/h2-4,6-7,10-12,29H,5,8-9H2,1H3,(H,28,31)/b30-17+. The normalized spacial score (nSPS) is 14.8. The Morgan fingerprint density at radius 2 is 1.88 bits per heavy atom. The van der Waals surface area contributed by atoms with E-state index in [1.165, 1.54) is 0 Å². The number of halogens is 4. The number of anilines is 2. The second kappa shape index (κ2) is 8.70. The van der Waals surface area contributed by atoms with Crippen molar-refractivity contribution in [2.75, 3.05) is 10.7 Å².